The van der Waals surface area contributed by atoms with Gasteiger partial charge in [-0.3, -0.25) is 4.79 Å². The van der Waals surface area contributed by atoms with Crippen molar-refractivity contribution in [1.82, 2.24) is 9.88 Å². The van der Waals surface area contributed by atoms with E-state index in [1.54, 1.807) is 13.2 Å². The molecule has 7 heteroatoms. The molecule has 1 unspecified atom stereocenters. The Morgan fingerprint density at radius 1 is 1.41 bits per heavy atom. The fourth-order valence-corrected chi connectivity index (χ4v) is 2.45. The number of rotatable bonds is 6. The molecule has 22 heavy (non-hydrogen) atoms. The maximum atomic E-state index is 12.6. The molecule has 2 rings (SSSR count). The monoisotopic (exact) mass is 308 g/mol. The van der Waals surface area contributed by atoms with Crippen LogP contribution in [0.3, 0.4) is 0 Å². The normalized spacial score (nSPS) is 18.0. The van der Waals surface area contributed by atoms with Crippen LogP contribution in [0.15, 0.2) is 18.3 Å². The molecule has 0 spiro atoms. The maximum absolute atomic E-state index is 12.6. The van der Waals surface area contributed by atoms with E-state index in [0.717, 1.165) is 12.8 Å². The number of carbonyl (C=O) groups is 2. The van der Waals surface area contributed by atoms with Crippen LogP contribution < -0.4 is 4.74 Å². The summed E-state index contributed by atoms with van der Waals surface area (Å²) >= 11 is 0. The first-order valence-corrected chi connectivity index (χ1v) is 7.25. The van der Waals surface area contributed by atoms with E-state index in [1.165, 1.54) is 17.2 Å². The minimum Gasteiger partial charge on any atom is -0.480 e. The zero-order valence-corrected chi connectivity index (χ0v) is 12.5. The van der Waals surface area contributed by atoms with Gasteiger partial charge in [0.1, 0.15) is 12.6 Å². The third-order valence-electron chi connectivity index (χ3n) is 3.57. The summed E-state index contributed by atoms with van der Waals surface area (Å²) in [6, 6.07) is 2.34. The van der Waals surface area contributed by atoms with Crippen LogP contribution in [-0.2, 0) is 9.53 Å². The Kier molecular flexibility index (Phi) is 5.71. The summed E-state index contributed by atoms with van der Waals surface area (Å²) in [4.78, 5) is 29.3. The van der Waals surface area contributed by atoms with Crippen LogP contribution in [-0.4, -0.2) is 59.8 Å². The van der Waals surface area contributed by atoms with Gasteiger partial charge >= 0.3 is 5.97 Å². The lowest BCUT2D eigenvalue weighted by Gasteiger charge is -2.33. The fraction of sp³-hybridized carbons (Fsp3) is 0.533. The van der Waals surface area contributed by atoms with Gasteiger partial charge in [0.05, 0.1) is 6.61 Å². The lowest BCUT2D eigenvalue weighted by atomic mass is 10.0. The molecule has 1 amide bonds. The van der Waals surface area contributed by atoms with Crippen LogP contribution in [0.1, 0.15) is 29.6 Å². The van der Waals surface area contributed by atoms with E-state index in [1.807, 2.05) is 0 Å². The lowest BCUT2D eigenvalue weighted by molar-refractivity contribution is -0.143. The van der Waals surface area contributed by atoms with Gasteiger partial charge in [-0.2, -0.15) is 0 Å². The largest absolute Gasteiger partial charge is 0.480 e. The van der Waals surface area contributed by atoms with Crippen LogP contribution in [0.4, 0.5) is 0 Å². The average Bonchev–Trinajstić information content (AvgIpc) is 2.54. The van der Waals surface area contributed by atoms with Crippen molar-refractivity contribution in [1.29, 1.82) is 0 Å². The molecule has 0 bridgehead atoms. The third kappa shape index (κ3) is 3.94. The first-order valence-electron chi connectivity index (χ1n) is 7.25. The fourth-order valence-electron chi connectivity index (χ4n) is 2.45. The second-order valence-corrected chi connectivity index (χ2v) is 5.07. The molecule has 1 saturated heterocycles. The van der Waals surface area contributed by atoms with E-state index in [9.17, 15) is 14.7 Å². The summed E-state index contributed by atoms with van der Waals surface area (Å²) in [5, 5.41) is 9.26. The molecule has 0 aromatic carbocycles. The van der Waals surface area contributed by atoms with Crippen molar-refractivity contribution >= 4 is 11.9 Å². The lowest BCUT2D eigenvalue weighted by Crippen LogP contribution is -2.48. The number of carboxylic acids is 1. The Hall–Kier alpha value is -2.15. The van der Waals surface area contributed by atoms with E-state index in [4.69, 9.17) is 9.47 Å². The minimum absolute atomic E-state index is 0.300. The number of ether oxygens (including phenoxy) is 2. The number of carbonyl (C=O) groups excluding carboxylic acids is 1. The van der Waals surface area contributed by atoms with Gasteiger partial charge < -0.3 is 19.5 Å². The molecule has 1 N–H and O–H groups in total. The predicted molar refractivity (Wildman–Crippen MR) is 77.9 cm³/mol. The number of amides is 1. The molecule has 1 aromatic rings. The molecular weight excluding hydrogens is 288 g/mol. The van der Waals surface area contributed by atoms with E-state index in [2.05, 4.69) is 4.98 Å². The number of nitrogens with zero attached hydrogens (tertiary/aromatic N) is 2. The average molecular weight is 308 g/mol. The van der Waals surface area contributed by atoms with Gasteiger partial charge in [0.15, 0.2) is 0 Å². The van der Waals surface area contributed by atoms with Crippen molar-refractivity contribution in [2.24, 2.45) is 0 Å². The van der Waals surface area contributed by atoms with Crippen LogP contribution in [0, 0.1) is 0 Å². The maximum Gasteiger partial charge on any atom is 0.326 e. The summed E-state index contributed by atoms with van der Waals surface area (Å²) in [7, 11) is 1.57. The zero-order chi connectivity index (χ0) is 15.9. The number of pyridine rings is 1. The SMILES string of the molecule is COCCOc1cc(C(=O)N2CCCCC2C(=O)O)ccn1. The van der Waals surface area contributed by atoms with E-state index in [0.29, 0.717) is 37.6 Å². The number of aliphatic carboxylic acids is 1. The second-order valence-electron chi connectivity index (χ2n) is 5.07. The van der Waals surface area contributed by atoms with E-state index < -0.39 is 12.0 Å². The highest BCUT2D eigenvalue weighted by atomic mass is 16.5. The highest BCUT2D eigenvalue weighted by Crippen LogP contribution is 2.21. The number of hydrogen-bond acceptors (Lipinski definition) is 5. The molecule has 0 saturated carbocycles. The Bertz CT molecular complexity index is 534. The molecule has 0 radical (unpaired) electrons. The molecular formula is C15H20N2O5. The number of methoxy groups -OCH3 is 1. The van der Waals surface area contributed by atoms with Gasteiger partial charge in [0.25, 0.3) is 5.91 Å². The Balaban J connectivity index is 2.10. The number of likely N-dealkylation sites (tertiary alicyclic amines) is 1. The number of aromatic nitrogens is 1. The van der Waals surface area contributed by atoms with Crippen LogP contribution >= 0.6 is 0 Å². The number of piperidine rings is 1. The molecule has 7 nitrogen and oxygen atoms in total. The molecule has 1 atom stereocenters. The molecule has 1 aliphatic rings. The highest BCUT2D eigenvalue weighted by Gasteiger charge is 2.32. The van der Waals surface area contributed by atoms with Crippen LogP contribution in [0.25, 0.3) is 0 Å². The number of hydrogen-bond donors (Lipinski definition) is 1. The topological polar surface area (TPSA) is 89.0 Å². The minimum atomic E-state index is -0.960. The smallest absolute Gasteiger partial charge is 0.326 e. The molecule has 0 aliphatic carbocycles. The van der Waals surface area contributed by atoms with Gasteiger partial charge in [-0.25, -0.2) is 9.78 Å². The first kappa shape index (κ1) is 16.2. The summed E-state index contributed by atoms with van der Waals surface area (Å²) in [6.45, 7) is 1.22. The van der Waals surface area contributed by atoms with Gasteiger partial charge in [0, 0.05) is 31.5 Å². The van der Waals surface area contributed by atoms with Crippen molar-refractivity contribution in [2.45, 2.75) is 25.3 Å². The Morgan fingerprint density at radius 3 is 2.95 bits per heavy atom. The van der Waals surface area contributed by atoms with Crippen LogP contribution in [0.2, 0.25) is 0 Å². The first-order chi connectivity index (χ1) is 10.6. The van der Waals surface area contributed by atoms with Gasteiger partial charge in [-0.05, 0) is 25.3 Å². The summed E-state index contributed by atoms with van der Waals surface area (Å²) in [5.74, 6) is -0.934. The highest BCUT2D eigenvalue weighted by molar-refractivity contribution is 5.96. The molecule has 1 aromatic heterocycles. The number of carboxylic acid groups (broad SMARTS) is 1. The summed E-state index contributed by atoms with van der Waals surface area (Å²) in [5.41, 5.74) is 0.385. The second kappa shape index (κ2) is 7.74. The predicted octanol–water partition coefficient (Wildman–Crippen LogP) is 1.19. The molecule has 2 heterocycles. The molecule has 1 aliphatic heterocycles. The van der Waals surface area contributed by atoms with E-state index in [-0.39, 0.29) is 5.91 Å². The van der Waals surface area contributed by atoms with Gasteiger partial charge in [-0.15, -0.1) is 0 Å². The quantitative estimate of drug-likeness (QED) is 0.794. The Morgan fingerprint density at radius 2 is 2.23 bits per heavy atom. The van der Waals surface area contributed by atoms with Crippen LogP contribution in [0.5, 0.6) is 5.88 Å². The Labute approximate surface area is 128 Å². The molecule has 1 fully saturated rings. The van der Waals surface area contributed by atoms with Crippen molar-refractivity contribution < 1.29 is 24.2 Å². The van der Waals surface area contributed by atoms with Crippen molar-refractivity contribution in [3.63, 3.8) is 0 Å². The summed E-state index contributed by atoms with van der Waals surface area (Å²) in [6.07, 6.45) is 3.61. The van der Waals surface area contributed by atoms with Crippen molar-refractivity contribution in [2.75, 3.05) is 26.9 Å². The zero-order valence-electron chi connectivity index (χ0n) is 12.5. The van der Waals surface area contributed by atoms with Crippen molar-refractivity contribution in [3.8, 4) is 5.88 Å². The standard InChI is InChI=1S/C15H20N2O5/c1-21-8-9-22-13-10-11(5-6-16-13)14(18)17-7-3-2-4-12(17)15(19)20/h5-6,10,12H,2-4,7-9H2,1H3,(H,19,20). The van der Waals surface area contributed by atoms with Gasteiger partial charge in [-0.1, -0.05) is 0 Å². The van der Waals surface area contributed by atoms with Crippen molar-refractivity contribution in [3.05, 3.63) is 23.9 Å². The van der Waals surface area contributed by atoms with Gasteiger partial charge in [0.2, 0.25) is 5.88 Å². The third-order valence-corrected chi connectivity index (χ3v) is 3.57. The van der Waals surface area contributed by atoms with E-state index >= 15 is 0 Å². The summed E-state index contributed by atoms with van der Waals surface area (Å²) < 4.78 is 10.3. The molecule has 120 valence electrons.